The fourth-order valence-corrected chi connectivity index (χ4v) is 2.78. The van der Waals surface area contributed by atoms with E-state index in [1.807, 2.05) is 4.57 Å². The molecule has 19 heavy (non-hydrogen) atoms. The van der Waals surface area contributed by atoms with Crippen molar-refractivity contribution in [2.75, 3.05) is 6.54 Å². The molecule has 1 amide bonds. The van der Waals surface area contributed by atoms with Gasteiger partial charge < -0.3 is 15.6 Å². The van der Waals surface area contributed by atoms with Crippen LogP contribution in [0, 0.1) is 11.8 Å². The molecule has 0 aromatic carbocycles. The Morgan fingerprint density at radius 1 is 1.53 bits per heavy atom. The summed E-state index contributed by atoms with van der Waals surface area (Å²) in [6.45, 7) is 5.73. The smallest absolute Gasteiger partial charge is 0.271 e. The molecule has 5 heteroatoms. The molecule has 106 valence electrons. The molecule has 1 saturated carbocycles. The lowest BCUT2D eigenvalue weighted by Gasteiger charge is -2.34. The van der Waals surface area contributed by atoms with Crippen molar-refractivity contribution in [3.8, 4) is 0 Å². The largest absolute Gasteiger partial charge is 0.348 e. The maximum absolute atomic E-state index is 12.2. The molecule has 1 heterocycles. The second kappa shape index (κ2) is 6.19. The molecule has 1 aromatic heterocycles. The topological polar surface area (TPSA) is 72.9 Å². The van der Waals surface area contributed by atoms with Crippen LogP contribution in [0.25, 0.3) is 0 Å². The molecule has 3 N–H and O–H groups in total. The van der Waals surface area contributed by atoms with Crippen LogP contribution in [0.2, 0.25) is 0 Å². The van der Waals surface area contributed by atoms with Crippen molar-refractivity contribution < 1.29 is 4.79 Å². The van der Waals surface area contributed by atoms with Crippen LogP contribution in [0.4, 0.5) is 0 Å². The number of nitrogens with zero attached hydrogens (tertiary/aromatic N) is 2. The van der Waals surface area contributed by atoms with Gasteiger partial charge in [0.2, 0.25) is 0 Å². The number of carbonyl (C=O) groups is 1. The third-order valence-corrected chi connectivity index (χ3v) is 4.28. The zero-order chi connectivity index (χ0) is 13.8. The first-order valence-corrected chi connectivity index (χ1v) is 7.14. The molecule has 3 atom stereocenters. The summed E-state index contributed by atoms with van der Waals surface area (Å²) in [5.41, 5.74) is 5.96. The molecule has 1 aromatic rings. The molecule has 5 nitrogen and oxygen atoms in total. The summed E-state index contributed by atoms with van der Waals surface area (Å²) in [5.74, 6) is 1.14. The Kier molecular flexibility index (Phi) is 4.58. The van der Waals surface area contributed by atoms with Gasteiger partial charge in [0, 0.05) is 25.3 Å². The quantitative estimate of drug-likeness (QED) is 0.863. The Hall–Kier alpha value is -1.36. The summed E-state index contributed by atoms with van der Waals surface area (Å²) in [5, 5.41) is 3.12. The summed E-state index contributed by atoms with van der Waals surface area (Å²) in [6.07, 6.45) is 6.95. The van der Waals surface area contributed by atoms with Gasteiger partial charge in [-0.3, -0.25) is 4.79 Å². The number of aromatic nitrogens is 2. The van der Waals surface area contributed by atoms with Crippen molar-refractivity contribution in [1.29, 1.82) is 0 Å². The molecule has 1 fully saturated rings. The van der Waals surface area contributed by atoms with E-state index in [1.165, 1.54) is 12.8 Å². The second-order valence-electron chi connectivity index (χ2n) is 5.63. The SMILES string of the molecule is CC1CCCC(NC(=O)c2cn(CCN)cn2)C1C. The number of amides is 1. The van der Waals surface area contributed by atoms with E-state index in [2.05, 4.69) is 24.1 Å². The van der Waals surface area contributed by atoms with Gasteiger partial charge in [0.05, 0.1) is 6.33 Å². The Labute approximate surface area is 114 Å². The summed E-state index contributed by atoms with van der Waals surface area (Å²) in [6, 6.07) is 0.274. The minimum Gasteiger partial charge on any atom is -0.348 e. The second-order valence-corrected chi connectivity index (χ2v) is 5.63. The first-order chi connectivity index (χ1) is 9.11. The minimum absolute atomic E-state index is 0.0679. The van der Waals surface area contributed by atoms with E-state index in [1.54, 1.807) is 12.5 Å². The molecule has 0 saturated heterocycles. The van der Waals surface area contributed by atoms with Crippen LogP contribution in [0.15, 0.2) is 12.5 Å². The first-order valence-electron chi connectivity index (χ1n) is 7.14. The lowest BCUT2D eigenvalue weighted by molar-refractivity contribution is 0.0886. The highest BCUT2D eigenvalue weighted by atomic mass is 16.2. The van der Waals surface area contributed by atoms with E-state index in [9.17, 15) is 4.79 Å². The van der Waals surface area contributed by atoms with Crippen LogP contribution in [-0.2, 0) is 6.54 Å². The number of hydrogen-bond donors (Lipinski definition) is 2. The van der Waals surface area contributed by atoms with Gasteiger partial charge in [-0.2, -0.15) is 0 Å². The predicted octanol–water partition coefficient (Wildman–Crippen LogP) is 1.40. The van der Waals surface area contributed by atoms with Gasteiger partial charge in [-0.15, -0.1) is 0 Å². The van der Waals surface area contributed by atoms with Crippen molar-refractivity contribution in [3.05, 3.63) is 18.2 Å². The van der Waals surface area contributed by atoms with E-state index < -0.39 is 0 Å². The van der Waals surface area contributed by atoms with Gasteiger partial charge in [0.1, 0.15) is 5.69 Å². The minimum atomic E-state index is -0.0679. The van der Waals surface area contributed by atoms with Gasteiger partial charge in [0.25, 0.3) is 5.91 Å². The number of nitrogens with one attached hydrogen (secondary N) is 1. The normalized spacial score (nSPS) is 27.2. The van der Waals surface area contributed by atoms with Crippen LogP contribution in [0.1, 0.15) is 43.6 Å². The molecular weight excluding hydrogens is 240 g/mol. The van der Waals surface area contributed by atoms with E-state index >= 15 is 0 Å². The highest BCUT2D eigenvalue weighted by Crippen LogP contribution is 2.29. The van der Waals surface area contributed by atoms with Crippen molar-refractivity contribution in [3.63, 3.8) is 0 Å². The van der Waals surface area contributed by atoms with Gasteiger partial charge in [-0.05, 0) is 18.3 Å². The number of nitrogens with two attached hydrogens (primary N) is 1. The third-order valence-electron chi connectivity index (χ3n) is 4.28. The average molecular weight is 264 g/mol. The lowest BCUT2D eigenvalue weighted by atomic mass is 9.78. The number of carbonyl (C=O) groups excluding carboxylic acids is 1. The Bertz CT molecular complexity index is 429. The standard InChI is InChI=1S/C14H24N4O/c1-10-4-3-5-12(11(10)2)17-14(19)13-8-18(7-6-15)9-16-13/h8-12H,3-7,15H2,1-2H3,(H,17,19). The van der Waals surface area contributed by atoms with Crippen molar-refractivity contribution >= 4 is 5.91 Å². The van der Waals surface area contributed by atoms with Gasteiger partial charge >= 0.3 is 0 Å². The Balaban J connectivity index is 1.95. The maximum atomic E-state index is 12.2. The summed E-state index contributed by atoms with van der Waals surface area (Å²) < 4.78 is 1.85. The fourth-order valence-electron chi connectivity index (χ4n) is 2.78. The molecule has 2 rings (SSSR count). The molecule has 0 aliphatic heterocycles. The molecular formula is C14H24N4O. The van der Waals surface area contributed by atoms with E-state index in [0.29, 0.717) is 30.6 Å². The molecule has 1 aliphatic carbocycles. The van der Waals surface area contributed by atoms with Crippen LogP contribution in [0.5, 0.6) is 0 Å². The monoisotopic (exact) mass is 264 g/mol. The zero-order valence-corrected chi connectivity index (χ0v) is 11.8. The van der Waals surface area contributed by atoms with Gasteiger partial charge in [0.15, 0.2) is 0 Å². The number of rotatable bonds is 4. The van der Waals surface area contributed by atoms with Crippen molar-refractivity contribution in [1.82, 2.24) is 14.9 Å². The summed E-state index contributed by atoms with van der Waals surface area (Å²) in [7, 11) is 0. The molecule has 0 spiro atoms. The fraction of sp³-hybridized carbons (Fsp3) is 0.714. The first kappa shape index (κ1) is 14.1. The molecule has 0 bridgehead atoms. The Morgan fingerprint density at radius 3 is 3.05 bits per heavy atom. The van der Waals surface area contributed by atoms with E-state index in [-0.39, 0.29) is 11.9 Å². The van der Waals surface area contributed by atoms with Crippen LogP contribution < -0.4 is 11.1 Å². The van der Waals surface area contributed by atoms with Gasteiger partial charge in [-0.25, -0.2) is 4.98 Å². The van der Waals surface area contributed by atoms with Crippen molar-refractivity contribution in [2.45, 2.75) is 45.7 Å². The maximum Gasteiger partial charge on any atom is 0.271 e. The molecule has 1 aliphatic rings. The highest BCUT2D eigenvalue weighted by Gasteiger charge is 2.28. The zero-order valence-electron chi connectivity index (χ0n) is 11.8. The van der Waals surface area contributed by atoms with Crippen LogP contribution in [0.3, 0.4) is 0 Å². The average Bonchev–Trinajstić information content (AvgIpc) is 2.84. The Morgan fingerprint density at radius 2 is 2.32 bits per heavy atom. The number of hydrogen-bond acceptors (Lipinski definition) is 3. The van der Waals surface area contributed by atoms with E-state index in [4.69, 9.17) is 5.73 Å². The van der Waals surface area contributed by atoms with Gasteiger partial charge in [-0.1, -0.05) is 26.7 Å². The summed E-state index contributed by atoms with van der Waals surface area (Å²) in [4.78, 5) is 16.3. The molecule has 0 radical (unpaired) electrons. The van der Waals surface area contributed by atoms with E-state index in [0.717, 1.165) is 6.42 Å². The predicted molar refractivity (Wildman–Crippen MR) is 74.7 cm³/mol. The van der Waals surface area contributed by atoms with Crippen LogP contribution in [-0.4, -0.2) is 28.0 Å². The third kappa shape index (κ3) is 3.35. The number of imidazole rings is 1. The highest BCUT2D eigenvalue weighted by molar-refractivity contribution is 5.92. The van der Waals surface area contributed by atoms with Crippen molar-refractivity contribution in [2.24, 2.45) is 17.6 Å². The van der Waals surface area contributed by atoms with Crippen LogP contribution >= 0.6 is 0 Å². The molecule has 3 unspecified atom stereocenters. The lowest BCUT2D eigenvalue weighted by Crippen LogP contribution is -2.43. The summed E-state index contributed by atoms with van der Waals surface area (Å²) >= 11 is 0.